The highest BCUT2D eigenvalue weighted by atomic mass is 35.5. The maximum atomic E-state index is 12.1. The van der Waals surface area contributed by atoms with E-state index in [4.69, 9.17) is 16.7 Å². The largest absolute Gasteiger partial charge is 0.481 e. The smallest absolute Gasteiger partial charge is 0.387 e. The Hall–Kier alpha value is -1.40. The highest BCUT2D eigenvalue weighted by Gasteiger charge is 2.18. The number of benzene rings is 1. The van der Waals surface area contributed by atoms with Crippen molar-refractivity contribution in [1.82, 2.24) is 5.32 Å². The zero-order valence-corrected chi connectivity index (χ0v) is 13.2. The molecule has 7 heteroatoms. The van der Waals surface area contributed by atoms with Crippen molar-refractivity contribution in [3.63, 3.8) is 0 Å². The number of hydrogen-bond donors (Lipinski definition) is 2. The number of aliphatic carboxylic acids is 1. The van der Waals surface area contributed by atoms with Crippen molar-refractivity contribution in [2.75, 3.05) is 6.54 Å². The van der Waals surface area contributed by atoms with Crippen LogP contribution in [0.3, 0.4) is 0 Å². The summed E-state index contributed by atoms with van der Waals surface area (Å²) in [6.45, 7) is 1.75. The van der Waals surface area contributed by atoms with Crippen LogP contribution >= 0.6 is 11.6 Å². The van der Waals surface area contributed by atoms with Crippen molar-refractivity contribution in [2.45, 2.75) is 33.4 Å². The van der Waals surface area contributed by atoms with Crippen LogP contribution in [0.5, 0.6) is 5.75 Å². The van der Waals surface area contributed by atoms with Gasteiger partial charge in [0.25, 0.3) is 0 Å². The average molecular weight is 336 g/mol. The Morgan fingerprint density at radius 1 is 1.41 bits per heavy atom. The van der Waals surface area contributed by atoms with E-state index in [9.17, 15) is 13.6 Å². The zero-order chi connectivity index (χ0) is 16.7. The van der Waals surface area contributed by atoms with E-state index < -0.39 is 18.5 Å². The number of hydrogen-bond acceptors (Lipinski definition) is 3. The number of rotatable bonds is 9. The van der Waals surface area contributed by atoms with Gasteiger partial charge in [0, 0.05) is 13.1 Å². The fourth-order valence-corrected chi connectivity index (χ4v) is 2.32. The van der Waals surface area contributed by atoms with Gasteiger partial charge in [0.15, 0.2) is 0 Å². The Labute approximate surface area is 133 Å². The molecule has 124 valence electrons. The first kappa shape index (κ1) is 18.6. The van der Waals surface area contributed by atoms with Gasteiger partial charge in [-0.3, -0.25) is 4.79 Å². The minimum Gasteiger partial charge on any atom is -0.481 e. The predicted octanol–water partition coefficient (Wildman–Crippen LogP) is 3.78. The molecule has 0 aromatic heterocycles. The molecule has 0 aliphatic rings. The molecule has 4 nitrogen and oxygen atoms in total. The molecular weight excluding hydrogens is 316 g/mol. The van der Waals surface area contributed by atoms with Crippen molar-refractivity contribution in [3.8, 4) is 5.75 Å². The van der Waals surface area contributed by atoms with Crippen LogP contribution in [0.2, 0.25) is 5.02 Å². The van der Waals surface area contributed by atoms with Gasteiger partial charge < -0.3 is 15.2 Å². The number of carboxylic acids is 1. The first-order valence-electron chi connectivity index (χ1n) is 6.96. The number of ether oxygens (including phenoxy) is 1. The molecule has 0 amide bonds. The van der Waals surface area contributed by atoms with Gasteiger partial charge in [-0.2, -0.15) is 8.78 Å². The lowest BCUT2D eigenvalue weighted by molar-refractivity contribution is -0.142. The number of halogens is 3. The molecule has 0 spiro atoms. The maximum Gasteiger partial charge on any atom is 0.387 e. The first-order chi connectivity index (χ1) is 10.3. The molecule has 0 fully saturated rings. The molecule has 0 saturated heterocycles. The van der Waals surface area contributed by atoms with Gasteiger partial charge >= 0.3 is 12.6 Å². The van der Waals surface area contributed by atoms with Crippen molar-refractivity contribution >= 4 is 17.6 Å². The van der Waals surface area contributed by atoms with E-state index in [0.29, 0.717) is 25.4 Å². The molecule has 0 bridgehead atoms. The quantitative estimate of drug-likeness (QED) is 0.721. The van der Waals surface area contributed by atoms with Crippen LogP contribution in [-0.2, 0) is 11.3 Å². The van der Waals surface area contributed by atoms with E-state index in [2.05, 4.69) is 10.1 Å². The fourth-order valence-electron chi connectivity index (χ4n) is 2.08. The maximum absolute atomic E-state index is 12.1. The number of alkyl halides is 2. The molecule has 22 heavy (non-hydrogen) atoms. The van der Waals surface area contributed by atoms with Crippen LogP contribution in [0.4, 0.5) is 8.78 Å². The summed E-state index contributed by atoms with van der Waals surface area (Å²) in [6.07, 6.45) is 0.588. The normalized spacial score (nSPS) is 12.7. The second-order valence-electron chi connectivity index (χ2n) is 5.44. The molecule has 0 aliphatic carbocycles. The molecular formula is C15H20ClF2NO3. The monoisotopic (exact) mass is 335 g/mol. The van der Waals surface area contributed by atoms with E-state index in [0.717, 1.165) is 5.56 Å². The molecule has 0 radical (unpaired) electrons. The number of nitrogens with one attached hydrogen (secondary N) is 1. The Bertz CT molecular complexity index is 498. The molecule has 1 unspecified atom stereocenters. The van der Waals surface area contributed by atoms with Crippen LogP contribution in [0.1, 0.15) is 25.8 Å². The van der Waals surface area contributed by atoms with E-state index in [1.54, 1.807) is 6.07 Å². The van der Waals surface area contributed by atoms with Crippen molar-refractivity contribution in [1.29, 1.82) is 0 Å². The van der Waals surface area contributed by atoms with Gasteiger partial charge in [-0.05, 0) is 30.0 Å². The predicted molar refractivity (Wildman–Crippen MR) is 80.4 cm³/mol. The highest BCUT2D eigenvalue weighted by molar-refractivity contribution is 6.32. The fraction of sp³-hybridized carbons (Fsp3) is 0.533. The number of carboxylic acid groups (broad SMARTS) is 1. The standard InChI is InChI=1S/C15H20ClF2NO3/c1-9(2)5-11(14(20)21)8-19-7-10-3-4-13(12(16)6-10)22-15(17)18/h3-4,6,9,11,15,19H,5,7-8H2,1-2H3,(H,20,21). The van der Waals surface area contributed by atoms with Crippen molar-refractivity contribution in [2.24, 2.45) is 11.8 Å². The summed E-state index contributed by atoms with van der Waals surface area (Å²) in [5.74, 6) is -1.08. The SMILES string of the molecule is CC(C)CC(CNCc1ccc(OC(F)F)c(Cl)c1)C(=O)O. The molecule has 0 aliphatic heterocycles. The van der Waals surface area contributed by atoms with Crippen molar-refractivity contribution < 1.29 is 23.4 Å². The molecule has 1 rings (SSSR count). The topological polar surface area (TPSA) is 58.6 Å². The van der Waals surface area contributed by atoms with Gasteiger partial charge in [0.1, 0.15) is 5.75 Å². The summed E-state index contributed by atoms with van der Waals surface area (Å²) in [5, 5.41) is 12.3. The Kier molecular flexibility index (Phi) is 7.55. The Balaban J connectivity index is 2.54. The second-order valence-corrected chi connectivity index (χ2v) is 5.85. The summed E-state index contributed by atoms with van der Waals surface area (Å²) in [4.78, 5) is 11.1. The Morgan fingerprint density at radius 2 is 2.09 bits per heavy atom. The first-order valence-corrected chi connectivity index (χ1v) is 7.34. The summed E-state index contributed by atoms with van der Waals surface area (Å²) in [6, 6.07) is 4.49. The van der Waals surface area contributed by atoms with Gasteiger partial charge in [-0.25, -0.2) is 0 Å². The minimum atomic E-state index is -2.92. The third-order valence-electron chi connectivity index (χ3n) is 3.04. The summed E-state index contributed by atoms with van der Waals surface area (Å²) in [5.41, 5.74) is 0.764. The van der Waals surface area contributed by atoms with E-state index in [1.807, 2.05) is 13.8 Å². The minimum absolute atomic E-state index is 0.0800. The average Bonchev–Trinajstić information content (AvgIpc) is 2.39. The van der Waals surface area contributed by atoms with Gasteiger partial charge in [-0.1, -0.05) is 31.5 Å². The zero-order valence-electron chi connectivity index (χ0n) is 12.5. The lowest BCUT2D eigenvalue weighted by atomic mass is 9.97. The van der Waals surface area contributed by atoms with Gasteiger partial charge in [0.2, 0.25) is 0 Å². The van der Waals surface area contributed by atoms with Crippen LogP contribution in [-0.4, -0.2) is 24.2 Å². The van der Waals surface area contributed by atoms with Crippen molar-refractivity contribution in [3.05, 3.63) is 28.8 Å². The Morgan fingerprint density at radius 3 is 2.59 bits per heavy atom. The molecule has 0 heterocycles. The third-order valence-corrected chi connectivity index (χ3v) is 3.33. The third kappa shape index (κ3) is 6.58. The van der Waals surface area contributed by atoms with Crippen LogP contribution in [0, 0.1) is 11.8 Å². The lowest BCUT2D eigenvalue weighted by Crippen LogP contribution is -2.29. The van der Waals surface area contributed by atoms with E-state index >= 15 is 0 Å². The van der Waals surface area contributed by atoms with Crippen LogP contribution in [0.15, 0.2) is 18.2 Å². The van der Waals surface area contributed by atoms with Gasteiger partial charge in [0.05, 0.1) is 10.9 Å². The van der Waals surface area contributed by atoms with E-state index in [1.165, 1.54) is 12.1 Å². The molecule has 1 atom stereocenters. The molecule has 1 aromatic rings. The lowest BCUT2D eigenvalue weighted by Gasteiger charge is -2.15. The second kappa shape index (κ2) is 8.90. The summed E-state index contributed by atoms with van der Waals surface area (Å²) >= 11 is 5.85. The van der Waals surface area contributed by atoms with Crippen LogP contribution < -0.4 is 10.1 Å². The molecule has 2 N–H and O–H groups in total. The van der Waals surface area contributed by atoms with Crippen LogP contribution in [0.25, 0.3) is 0 Å². The highest BCUT2D eigenvalue weighted by Crippen LogP contribution is 2.26. The van der Waals surface area contributed by atoms with E-state index in [-0.39, 0.29) is 10.8 Å². The molecule has 0 saturated carbocycles. The summed E-state index contributed by atoms with van der Waals surface area (Å²) < 4.78 is 28.5. The number of carbonyl (C=O) groups is 1. The summed E-state index contributed by atoms with van der Waals surface area (Å²) in [7, 11) is 0. The van der Waals surface area contributed by atoms with Gasteiger partial charge in [-0.15, -0.1) is 0 Å². The molecule has 1 aromatic carbocycles.